The second kappa shape index (κ2) is 3.12. The lowest BCUT2D eigenvalue weighted by atomic mass is 9.68. The molecule has 0 radical (unpaired) electrons. The van der Waals surface area contributed by atoms with Crippen LogP contribution in [0.3, 0.4) is 0 Å². The summed E-state index contributed by atoms with van der Waals surface area (Å²) in [5, 5.41) is 0. The summed E-state index contributed by atoms with van der Waals surface area (Å²) in [5.74, 6) is -0.00821. The standard InChI is InChI=1S/C14H20O2/c1-10(2)12(15)16-11-8-13-6-4-3-5-7-14(11,13)9-13/h3-4,10-11H,5-9H2,1-2H3. The average Bonchev–Trinajstić information content (AvgIpc) is 2.74. The maximum absolute atomic E-state index is 11.6. The molecule has 2 heteroatoms. The highest BCUT2D eigenvalue weighted by Gasteiger charge is 2.79. The molecule has 2 nitrogen and oxygen atoms in total. The summed E-state index contributed by atoms with van der Waals surface area (Å²) >= 11 is 0. The number of hydrogen-bond acceptors (Lipinski definition) is 2. The van der Waals surface area contributed by atoms with E-state index in [2.05, 4.69) is 12.2 Å². The molecule has 0 aromatic rings. The third kappa shape index (κ3) is 1.16. The quantitative estimate of drug-likeness (QED) is 0.528. The molecule has 2 fully saturated rings. The summed E-state index contributed by atoms with van der Waals surface area (Å²) in [4.78, 5) is 11.6. The Morgan fingerprint density at radius 2 is 2.25 bits per heavy atom. The van der Waals surface area contributed by atoms with Crippen LogP contribution >= 0.6 is 0 Å². The van der Waals surface area contributed by atoms with Gasteiger partial charge in [-0.2, -0.15) is 0 Å². The summed E-state index contributed by atoms with van der Waals surface area (Å²) in [6, 6.07) is 0. The van der Waals surface area contributed by atoms with Crippen LogP contribution in [0.4, 0.5) is 0 Å². The fourth-order valence-electron chi connectivity index (χ4n) is 3.78. The van der Waals surface area contributed by atoms with E-state index in [1.807, 2.05) is 13.8 Å². The van der Waals surface area contributed by atoms with Gasteiger partial charge in [-0.25, -0.2) is 0 Å². The third-order valence-electron chi connectivity index (χ3n) is 4.94. The van der Waals surface area contributed by atoms with Gasteiger partial charge >= 0.3 is 5.97 Å². The van der Waals surface area contributed by atoms with Gasteiger partial charge in [-0.15, -0.1) is 0 Å². The first kappa shape index (κ1) is 10.4. The van der Waals surface area contributed by atoms with Crippen molar-refractivity contribution in [1.82, 2.24) is 0 Å². The number of allylic oxidation sites excluding steroid dienone is 2. The molecule has 0 aromatic carbocycles. The van der Waals surface area contributed by atoms with Crippen LogP contribution in [0.15, 0.2) is 12.2 Å². The smallest absolute Gasteiger partial charge is 0.308 e. The number of carbonyl (C=O) groups excluding carboxylic acids is 1. The molecule has 16 heavy (non-hydrogen) atoms. The highest BCUT2D eigenvalue weighted by atomic mass is 16.5. The number of ether oxygens (including phenoxy) is 1. The second-order valence-electron chi connectivity index (χ2n) is 6.11. The lowest BCUT2D eigenvalue weighted by Gasteiger charge is -2.42. The first-order valence-corrected chi connectivity index (χ1v) is 6.45. The van der Waals surface area contributed by atoms with Gasteiger partial charge in [0.1, 0.15) is 6.10 Å². The van der Waals surface area contributed by atoms with Crippen LogP contribution in [0.1, 0.15) is 46.0 Å². The zero-order valence-corrected chi connectivity index (χ0v) is 10.2. The number of esters is 1. The molecule has 0 heterocycles. The topological polar surface area (TPSA) is 26.3 Å². The van der Waals surface area contributed by atoms with Crippen LogP contribution in [0.2, 0.25) is 0 Å². The maximum Gasteiger partial charge on any atom is 0.308 e. The molecule has 3 atom stereocenters. The first-order chi connectivity index (χ1) is 7.60. The van der Waals surface area contributed by atoms with Crippen LogP contribution in [0.5, 0.6) is 0 Å². The van der Waals surface area contributed by atoms with Gasteiger partial charge in [0.15, 0.2) is 0 Å². The summed E-state index contributed by atoms with van der Waals surface area (Å²) in [6.45, 7) is 3.82. The van der Waals surface area contributed by atoms with Gasteiger partial charge in [0, 0.05) is 5.41 Å². The van der Waals surface area contributed by atoms with Crippen molar-refractivity contribution >= 4 is 5.97 Å². The summed E-state index contributed by atoms with van der Waals surface area (Å²) < 4.78 is 5.65. The van der Waals surface area contributed by atoms with Crippen molar-refractivity contribution in [1.29, 1.82) is 0 Å². The molecule has 3 aliphatic rings. The Labute approximate surface area is 97.1 Å². The molecule has 0 amide bonds. The minimum absolute atomic E-state index is 0.00838. The molecule has 2 saturated carbocycles. The fraction of sp³-hybridized carbons (Fsp3) is 0.786. The van der Waals surface area contributed by atoms with Crippen molar-refractivity contribution in [2.75, 3.05) is 0 Å². The normalized spacial score (nSPS) is 44.1. The van der Waals surface area contributed by atoms with Crippen LogP contribution in [0.25, 0.3) is 0 Å². The van der Waals surface area contributed by atoms with E-state index in [9.17, 15) is 4.79 Å². The molecule has 88 valence electrons. The Morgan fingerprint density at radius 1 is 1.44 bits per heavy atom. The molecule has 0 bridgehead atoms. The molecule has 0 saturated heterocycles. The Morgan fingerprint density at radius 3 is 3.00 bits per heavy atom. The van der Waals surface area contributed by atoms with Crippen molar-refractivity contribution in [2.45, 2.75) is 52.1 Å². The lowest BCUT2D eigenvalue weighted by molar-refractivity contribution is -0.167. The van der Waals surface area contributed by atoms with Crippen molar-refractivity contribution in [2.24, 2.45) is 16.7 Å². The highest BCUT2D eigenvalue weighted by Crippen LogP contribution is 2.82. The number of rotatable bonds is 2. The van der Waals surface area contributed by atoms with Crippen molar-refractivity contribution in [3.8, 4) is 0 Å². The van der Waals surface area contributed by atoms with E-state index in [0.29, 0.717) is 10.8 Å². The SMILES string of the molecule is CC(C)C(=O)OC1CC23CC=CCCC12C3. The van der Waals surface area contributed by atoms with E-state index >= 15 is 0 Å². The van der Waals surface area contributed by atoms with Crippen LogP contribution in [-0.2, 0) is 9.53 Å². The molecule has 3 rings (SSSR count). The zero-order valence-electron chi connectivity index (χ0n) is 10.2. The molecular formula is C14H20O2. The van der Waals surface area contributed by atoms with Gasteiger partial charge in [-0.3, -0.25) is 4.79 Å². The van der Waals surface area contributed by atoms with E-state index in [0.717, 1.165) is 12.8 Å². The first-order valence-electron chi connectivity index (χ1n) is 6.45. The van der Waals surface area contributed by atoms with Crippen molar-refractivity contribution < 1.29 is 9.53 Å². The fourth-order valence-corrected chi connectivity index (χ4v) is 3.78. The summed E-state index contributed by atoms with van der Waals surface area (Å²) in [6.07, 6.45) is 10.8. The van der Waals surface area contributed by atoms with E-state index in [1.165, 1.54) is 19.3 Å². The minimum atomic E-state index is -0.0166. The molecule has 0 N–H and O–H groups in total. The Kier molecular flexibility index (Phi) is 2.02. The largest absolute Gasteiger partial charge is 0.462 e. The van der Waals surface area contributed by atoms with Gasteiger partial charge < -0.3 is 4.74 Å². The third-order valence-corrected chi connectivity index (χ3v) is 4.94. The Bertz CT molecular complexity index is 358. The molecular weight excluding hydrogens is 200 g/mol. The van der Waals surface area contributed by atoms with E-state index < -0.39 is 0 Å². The second-order valence-corrected chi connectivity index (χ2v) is 6.11. The Hall–Kier alpha value is -0.790. The summed E-state index contributed by atoms with van der Waals surface area (Å²) in [5.41, 5.74) is 0.906. The van der Waals surface area contributed by atoms with E-state index in [4.69, 9.17) is 4.74 Å². The minimum Gasteiger partial charge on any atom is -0.462 e. The summed E-state index contributed by atoms with van der Waals surface area (Å²) in [7, 11) is 0. The molecule has 3 aliphatic carbocycles. The maximum atomic E-state index is 11.6. The molecule has 0 aromatic heterocycles. The lowest BCUT2D eigenvalue weighted by Crippen LogP contribution is -2.44. The monoisotopic (exact) mass is 220 g/mol. The Balaban J connectivity index is 1.68. The predicted molar refractivity (Wildman–Crippen MR) is 61.8 cm³/mol. The van der Waals surface area contributed by atoms with Gasteiger partial charge in [0.05, 0.1) is 5.92 Å². The average molecular weight is 220 g/mol. The molecule has 3 unspecified atom stereocenters. The predicted octanol–water partition coefficient (Wildman–Crippen LogP) is 3.07. The molecule has 0 aliphatic heterocycles. The zero-order chi connectivity index (χ0) is 11.4. The number of hydrogen-bond donors (Lipinski definition) is 0. The molecule has 0 spiro atoms. The van der Waals surface area contributed by atoms with Crippen LogP contribution < -0.4 is 0 Å². The van der Waals surface area contributed by atoms with Crippen molar-refractivity contribution in [3.63, 3.8) is 0 Å². The van der Waals surface area contributed by atoms with Gasteiger partial charge in [0.2, 0.25) is 0 Å². The van der Waals surface area contributed by atoms with Gasteiger partial charge in [-0.05, 0) is 37.5 Å². The van der Waals surface area contributed by atoms with Crippen LogP contribution in [0, 0.1) is 16.7 Å². The van der Waals surface area contributed by atoms with Gasteiger partial charge in [-0.1, -0.05) is 26.0 Å². The van der Waals surface area contributed by atoms with Crippen molar-refractivity contribution in [3.05, 3.63) is 12.2 Å². The number of carbonyl (C=O) groups is 1. The van der Waals surface area contributed by atoms with Crippen LogP contribution in [-0.4, -0.2) is 12.1 Å². The van der Waals surface area contributed by atoms with E-state index in [1.54, 1.807) is 0 Å². The van der Waals surface area contributed by atoms with Gasteiger partial charge in [0.25, 0.3) is 0 Å². The highest BCUT2D eigenvalue weighted by molar-refractivity contribution is 5.72. The van der Waals surface area contributed by atoms with E-state index in [-0.39, 0.29) is 18.0 Å².